The topological polar surface area (TPSA) is 118 Å². The van der Waals surface area contributed by atoms with Crippen LogP contribution in [0.1, 0.15) is 10.9 Å². The summed E-state index contributed by atoms with van der Waals surface area (Å²) in [6, 6.07) is 5.16. The molecule has 1 fully saturated rings. The van der Waals surface area contributed by atoms with Gasteiger partial charge in [-0.25, -0.2) is 10.4 Å². The molecule has 1 aliphatic carbocycles. The molecular formula is C16H14N5O4S-. The number of amidine groups is 1. The van der Waals surface area contributed by atoms with Crippen molar-refractivity contribution in [3.8, 4) is 11.5 Å². The lowest BCUT2D eigenvalue weighted by Crippen LogP contribution is -2.34. The summed E-state index contributed by atoms with van der Waals surface area (Å²) in [6.07, 6.45) is 6.24. The maximum absolute atomic E-state index is 10.8. The predicted molar refractivity (Wildman–Crippen MR) is 97.8 cm³/mol. The number of phenols is 1. The minimum Gasteiger partial charge on any atom is -0.612 e. The van der Waals surface area contributed by atoms with Gasteiger partial charge in [-0.1, -0.05) is 17.8 Å². The van der Waals surface area contributed by atoms with Gasteiger partial charge in [0.15, 0.2) is 17.3 Å². The zero-order chi connectivity index (χ0) is 18.3. The Hall–Kier alpha value is -3.11. The number of rotatable bonds is 2. The second-order valence-corrected chi connectivity index (χ2v) is 6.62. The molecule has 0 bridgehead atoms. The molecule has 4 rings (SSSR count). The average molecular weight is 372 g/mol. The fraction of sp³-hybridized carbons (Fsp3) is 0.125. The van der Waals surface area contributed by atoms with Gasteiger partial charge >= 0.3 is 0 Å². The molecule has 0 saturated carbocycles. The van der Waals surface area contributed by atoms with E-state index in [9.17, 15) is 15.5 Å². The van der Waals surface area contributed by atoms with Gasteiger partial charge in [0.1, 0.15) is 5.37 Å². The molecule has 0 amide bonds. The molecule has 1 atom stereocenters. The number of benzene rings is 1. The number of hydrazine groups is 1. The van der Waals surface area contributed by atoms with Gasteiger partial charge < -0.3 is 20.3 Å². The van der Waals surface area contributed by atoms with Gasteiger partial charge in [-0.3, -0.25) is 5.43 Å². The highest BCUT2D eigenvalue weighted by Crippen LogP contribution is 2.40. The van der Waals surface area contributed by atoms with Gasteiger partial charge in [-0.05, 0) is 29.8 Å². The smallest absolute Gasteiger partial charge is 0.222 e. The number of hydrogen-bond donors (Lipinski definition) is 3. The van der Waals surface area contributed by atoms with E-state index in [-0.39, 0.29) is 16.8 Å². The minimum atomic E-state index is -0.434. The van der Waals surface area contributed by atoms with Gasteiger partial charge in [0.2, 0.25) is 10.9 Å². The Balaban J connectivity index is 1.58. The van der Waals surface area contributed by atoms with Crippen LogP contribution in [0.3, 0.4) is 0 Å². The van der Waals surface area contributed by atoms with Gasteiger partial charge in [0.05, 0.1) is 7.11 Å². The number of hydrogen-bond acceptors (Lipinski definition) is 9. The Morgan fingerprint density at radius 2 is 2.04 bits per heavy atom. The lowest BCUT2D eigenvalue weighted by molar-refractivity contribution is -0.377. The van der Waals surface area contributed by atoms with Crippen LogP contribution in [0.4, 0.5) is 0 Å². The van der Waals surface area contributed by atoms with Gasteiger partial charge in [-0.15, -0.1) is 5.10 Å². The van der Waals surface area contributed by atoms with Crippen LogP contribution >= 0.6 is 11.8 Å². The first-order valence-corrected chi connectivity index (χ1v) is 8.50. The zero-order valence-electron chi connectivity index (χ0n) is 13.5. The SMILES string of the molecule is COc1cc([C@@H]2NN3C(=NNC3=C3C=CC(=[N+]([O-])[O-])C=C3)S2)ccc1O. The van der Waals surface area contributed by atoms with E-state index < -0.39 is 4.90 Å². The van der Waals surface area contributed by atoms with Crippen molar-refractivity contribution in [2.24, 2.45) is 5.10 Å². The number of nitrogens with zero attached hydrogens (tertiary/aromatic N) is 3. The molecule has 10 heteroatoms. The summed E-state index contributed by atoms with van der Waals surface area (Å²) < 4.78 is 5.16. The molecular weight excluding hydrogens is 358 g/mol. The second-order valence-electron chi connectivity index (χ2n) is 5.55. The Morgan fingerprint density at radius 1 is 1.27 bits per heavy atom. The number of thioether (sulfide) groups is 1. The van der Waals surface area contributed by atoms with E-state index in [1.807, 2.05) is 6.07 Å². The third-order valence-corrected chi connectivity index (χ3v) is 5.10. The van der Waals surface area contributed by atoms with E-state index in [4.69, 9.17) is 4.74 Å². The van der Waals surface area contributed by atoms with E-state index in [1.165, 1.54) is 31.0 Å². The maximum atomic E-state index is 10.8. The third kappa shape index (κ3) is 2.74. The van der Waals surface area contributed by atoms with Crippen molar-refractivity contribution in [3.63, 3.8) is 0 Å². The highest BCUT2D eigenvalue weighted by atomic mass is 32.2. The lowest BCUT2D eigenvalue weighted by atomic mass is 10.1. The first-order chi connectivity index (χ1) is 12.6. The zero-order valence-corrected chi connectivity index (χ0v) is 14.4. The normalized spacial score (nSPS) is 21.0. The highest BCUT2D eigenvalue weighted by molar-refractivity contribution is 8.14. The number of allylic oxidation sites excluding steroid dienone is 5. The van der Waals surface area contributed by atoms with E-state index in [0.717, 1.165) is 16.3 Å². The van der Waals surface area contributed by atoms with Crippen molar-refractivity contribution < 1.29 is 14.7 Å². The molecule has 1 saturated heterocycles. The molecule has 1 aromatic carbocycles. The maximum Gasteiger partial charge on any atom is 0.222 e. The summed E-state index contributed by atoms with van der Waals surface area (Å²) in [5.41, 5.74) is 7.99. The molecule has 2 heterocycles. The summed E-state index contributed by atoms with van der Waals surface area (Å²) in [5.74, 6) is 1.17. The second kappa shape index (κ2) is 6.32. The average Bonchev–Trinajstić information content (AvgIpc) is 3.23. The van der Waals surface area contributed by atoms with Crippen molar-refractivity contribution in [3.05, 3.63) is 69.9 Å². The van der Waals surface area contributed by atoms with Gasteiger partial charge in [0.25, 0.3) is 0 Å². The molecule has 0 radical (unpaired) electrons. The largest absolute Gasteiger partial charge is 0.612 e. The molecule has 26 heavy (non-hydrogen) atoms. The highest BCUT2D eigenvalue weighted by Gasteiger charge is 2.36. The number of hydrazone groups is 1. The fourth-order valence-electron chi connectivity index (χ4n) is 2.68. The van der Waals surface area contributed by atoms with E-state index in [2.05, 4.69) is 16.0 Å². The Morgan fingerprint density at radius 3 is 2.73 bits per heavy atom. The molecule has 3 aliphatic rings. The Kier molecular flexibility index (Phi) is 3.98. The van der Waals surface area contributed by atoms with E-state index in [0.29, 0.717) is 11.6 Å². The third-order valence-electron chi connectivity index (χ3n) is 4.00. The van der Waals surface area contributed by atoms with Crippen LogP contribution in [0, 0.1) is 10.4 Å². The summed E-state index contributed by atoms with van der Waals surface area (Å²) >= 11 is 1.50. The summed E-state index contributed by atoms with van der Waals surface area (Å²) in [4.78, 5) is -0.434. The molecule has 9 nitrogen and oxygen atoms in total. The van der Waals surface area contributed by atoms with Crippen molar-refractivity contribution in [2.75, 3.05) is 7.11 Å². The van der Waals surface area contributed by atoms with Crippen molar-refractivity contribution >= 4 is 22.6 Å². The van der Waals surface area contributed by atoms with Crippen molar-refractivity contribution in [1.82, 2.24) is 15.9 Å². The first kappa shape index (κ1) is 16.4. The number of nitrogens with one attached hydrogen (secondary N) is 2. The summed E-state index contributed by atoms with van der Waals surface area (Å²) in [6.45, 7) is 0. The number of ether oxygens (including phenoxy) is 1. The van der Waals surface area contributed by atoms with Crippen molar-refractivity contribution in [1.29, 1.82) is 0 Å². The number of phenolic OH excluding ortho intramolecular Hbond substituents is 1. The fourth-order valence-corrected chi connectivity index (χ4v) is 3.68. The lowest BCUT2D eigenvalue weighted by Gasteiger charge is -2.19. The monoisotopic (exact) mass is 372 g/mol. The van der Waals surface area contributed by atoms with Crippen LogP contribution in [-0.2, 0) is 0 Å². The predicted octanol–water partition coefficient (Wildman–Crippen LogP) is 1.61. The Labute approximate surface area is 152 Å². The molecule has 134 valence electrons. The number of fused-ring (bicyclic) bond motifs is 1. The van der Waals surface area contributed by atoms with E-state index >= 15 is 0 Å². The molecule has 0 unspecified atom stereocenters. The molecule has 3 N–H and O–H groups in total. The quantitative estimate of drug-likeness (QED) is 0.529. The van der Waals surface area contributed by atoms with Crippen LogP contribution < -0.4 is 15.6 Å². The molecule has 0 aromatic heterocycles. The summed E-state index contributed by atoms with van der Waals surface area (Å²) in [5, 5.41) is 38.1. The number of methoxy groups -OCH3 is 1. The molecule has 2 aliphatic heterocycles. The standard InChI is InChI=1S/C16H14N5O4S/c1-25-13-8-10(4-7-12(13)22)15-19-20-14(17-18-16(20)26-15)9-2-5-11(6-3-9)21(23)24/h2-8,15,17,19H,1H3,(H-,22,23,24)/q-1/t15-/m1/s1. The van der Waals surface area contributed by atoms with Gasteiger partial charge in [-0.2, -0.15) is 4.90 Å². The Bertz CT molecular complexity index is 899. The molecule has 0 spiro atoms. The van der Waals surface area contributed by atoms with Gasteiger partial charge in [0, 0.05) is 17.7 Å². The first-order valence-electron chi connectivity index (χ1n) is 7.62. The van der Waals surface area contributed by atoms with E-state index in [1.54, 1.807) is 29.3 Å². The van der Waals surface area contributed by atoms with Crippen LogP contribution in [0.25, 0.3) is 0 Å². The van der Waals surface area contributed by atoms with Crippen LogP contribution in [0.2, 0.25) is 0 Å². The minimum absolute atomic E-state index is 0.0336. The van der Waals surface area contributed by atoms with Crippen LogP contribution in [-0.4, -0.2) is 33.0 Å². The van der Waals surface area contributed by atoms with Crippen LogP contribution in [0.15, 0.2) is 59.0 Å². The van der Waals surface area contributed by atoms with Crippen LogP contribution in [0.5, 0.6) is 11.5 Å². The van der Waals surface area contributed by atoms with Crippen molar-refractivity contribution in [2.45, 2.75) is 5.37 Å². The summed E-state index contributed by atoms with van der Waals surface area (Å²) in [7, 11) is 1.50. The number of aromatic hydroxyl groups is 1. The molecule has 1 aromatic rings.